The van der Waals surface area contributed by atoms with Crippen molar-refractivity contribution in [2.45, 2.75) is 44.8 Å². The molecule has 3 heterocycles. The fourth-order valence-electron chi connectivity index (χ4n) is 5.54. The second-order valence-corrected chi connectivity index (χ2v) is 8.92. The first kappa shape index (κ1) is 19.8. The van der Waals surface area contributed by atoms with Crippen molar-refractivity contribution >= 4 is 22.3 Å². The highest BCUT2D eigenvalue weighted by atomic mass is 19.3. The van der Waals surface area contributed by atoms with Gasteiger partial charge in [-0.3, -0.25) is 9.69 Å². The summed E-state index contributed by atoms with van der Waals surface area (Å²) in [5, 5.41) is 10.6. The Hall–Kier alpha value is -2.09. The number of Topliss-reactive ketones (excluding diaryl/α,β-unsaturated/α-hetero) is 1. The fraction of sp³-hybridized carbons (Fsp3) is 0.522. The summed E-state index contributed by atoms with van der Waals surface area (Å²) in [6.07, 6.45) is 5.22. The minimum atomic E-state index is -3.24. The van der Waals surface area contributed by atoms with E-state index in [-0.39, 0.29) is 11.8 Å². The number of benzene rings is 1. The summed E-state index contributed by atoms with van der Waals surface area (Å²) in [6, 6.07) is 3.34. The number of hydrogen-bond donors (Lipinski definition) is 1. The number of aromatic nitrogens is 1. The Balaban J connectivity index is 1.54. The standard InChI is InChI=1S/C23H27F2N3O2/c1-23(24,25)27(13-29)12-21(30)14-9-16-15-5-3-6-19-22(15)17(10-20(16)26(2)11-14)18-7-4-8-28(18)19/h3,5-6,9,14,20,29H,4,7-8,10-13H2,1-2H3. The number of carbonyl (C=O) groups is 1. The predicted molar refractivity (Wildman–Crippen MR) is 111 cm³/mol. The normalized spacial score (nSPS) is 23.6. The average Bonchev–Trinajstić information content (AvgIpc) is 3.29. The minimum Gasteiger partial charge on any atom is -0.381 e. The molecule has 0 fully saturated rings. The number of carbonyl (C=O) groups excluding carboxylic acids is 1. The number of ketones is 1. The van der Waals surface area contributed by atoms with Crippen molar-refractivity contribution in [3.63, 3.8) is 0 Å². The largest absolute Gasteiger partial charge is 0.381 e. The molecule has 1 aromatic heterocycles. The van der Waals surface area contributed by atoms with Crippen LogP contribution in [-0.4, -0.2) is 64.2 Å². The van der Waals surface area contributed by atoms with E-state index in [9.17, 15) is 18.7 Å². The summed E-state index contributed by atoms with van der Waals surface area (Å²) in [6.45, 7) is 0.938. The Labute approximate surface area is 174 Å². The minimum absolute atomic E-state index is 0.196. The van der Waals surface area contributed by atoms with Crippen LogP contribution in [-0.2, 0) is 24.2 Å². The molecule has 0 bridgehead atoms. The number of aryl methyl sites for hydroxylation is 1. The van der Waals surface area contributed by atoms with Crippen LogP contribution in [0, 0.1) is 5.92 Å². The lowest BCUT2D eigenvalue weighted by Crippen LogP contribution is -2.48. The van der Waals surface area contributed by atoms with Crippen LogP contribution in [0.5, 0.6) is 0 Å². The lowest BCUT2D eigenvalue weighted by atomic mass is 9.78. The topological polar surface area (TPSA) is 48.7 Å². The molecule has 1 N–H and O–H groups in total. The van der Waals surface area contributed by atoms with E-state index in [1.54, 1.807) is 0 Å². The summed E-state index contributed by atoms with van der Waals surface area (Å²) >= 11 is 0. The summed E-state index contributed by atoms with van der Waals surface area (Å²) in [4.78, 5) is 15.6. The highest BCUT2D eigenvalue weighted by Crippen LogP contribution is 2.44. The van der Waals surface area contributed by atoms with E-state index in [1.165, 1.54) is 34.1 Å². The van der Waals surface area contributed by atoms with Gasteiger partial charge < -0.3 is 9.67 Å². The summed E-state index contributed by atoms with van der Waals surface area (Å²) in [7, 11) is 2.01. The number of alkyl halides is 2. The van der Waals surface area contributed by atoms with Crippen molar-refractivity contribution in [1.29, 1.82) is 0 Å². The van der Waals surface area contributed by atoms with E-state index in [2.05, 4.69) is 27.7 Å². The van der Waals surface area contributed by atoms with Crippen LogP contribution in [0.1, 0.15) is 30.2 Å². The number of aliphatic hydroxyl groups is 1. The van der Waals surface area contributed by atoms with Gasteiger partial charge in [0.2, 0.25) is 0 Å². The molecule has 2 atom stereocenters. The van der Waals surface area contributed by atoms with E-state index in [1.807, 2.05) is 13.1 Å². The number of nitrogens with zero attached hydrogens (tertiary/aromatic N) is 3. The van der Waals surface area contributed by atoms with Gasteiger partial charge in [0.1, 0.15) is 6.73 Å². The lowest BCUT2D eigenvalue weighted by Gasteiger charge is -2.40. The van der Waals surface area contributed by atoms with E-state index in [0.29, 0.717) is 18.4 Å². The second kappa shape index (κ2) is 6.97. The van der Waals surface area contributed by atoms with E-state index < -0.39 is 25.2 Å². The zero-order valence-corrected chi connectivity index (χ0v) is 17.4. The molecule has 0 radical (unpaired) electrons. The molecule has 7 heteroatoms. The first-order valence-corrected chi connectivity index (χ1v) is 10.6. The third-order valence-electron chi connectivity index (χ3n) is 7.06. The van der Waals surface area contributed by atoms with E-state index in [0.717, 1.165) is 25.0 Å². The van der Waals surface area contributed by atoms with Crippen LogP contribution in [0.15, 0.2) is 24.3 Å². The van der Waals surface area contributed by atoms with Crippen molar-refractivity contribution in [3.05, 3.63) is 41.1 Å². The molecule has 0 saturated heterocycles. The molecular weight excluding hydrogens is 388 g/mol. The first-order valence-electron chi connectivity index (χ1n) is 10.6. The molecule has 5 rings (SSSR count). The van der Waals surface area contributed by atoms with Gasteiger partial charge in [0.05, 0.1) is 12.5 Å². The molecule has 160 valence electrons. The maximum absolute atomic E-state index is 13.6. The number of rotatable bonds is 5. The lowest BCUT2D eigenvalue weighted by molar-refractivity contribution is -0.166. The van der Waals surface area contributed by atoms with Crippen LogP contribution in [0.25, 0.3) is 16.5 Å². The van der Waals surface area contributed by atoms with Gasteiger partial charge >= 0.3 is 6.05 Å². The molecule has 5 nitrogen and oxygen atoms in total. The third-order valence-corrected chi connectivity index (χ3v) is 7.06. The van der Waals surface area contributed by atoms with Gasteiger partial charge in [-0.15, -0.1) is 0 Å². The molecule has 0 amide bonds. The van der Waals surface area contributed by atoms with Gasteiger partial charge in [-0.05, 0) is 49.1 Å². The van der Waals surface area contributed by atoms with Gasteiger partial charge in [0.25, 0.3) is 0 Å². The molecule has 3 aliphatic rings. The number of likely N-dealkylation sites (N-methyl/N-ethyl adjacent to an activating group) is 1. The Morgan fingerprint density at radius 1 is 1.37 bits per heavy atom. The molecule has 1 aliphatic carbocycles. The van der Waals surface area contributed by atoms with Gasteiger partial charge in [-0.1, -0.05) is 18.2 Å². The van der Waals surface area contributed by atoms with Crippen LogP contribution in [0.3, 0.4) is 0 Å². The number of hydrogen-bond acceptors (Lipinski definition) is 4. The van der Waals surface area contributed by atoms with Crippen molar-refractivity contribution in [1.82, 2.24) is 14.4 Å². The van der Waals surface area contributed by atoms with E-state index in [4.69, 9.17) is 0 Å². The monoisotopic (exact) mass is 415 g/mol. The average molecular weight is 415 g/mol. The molecule has 2 aromatic rings. The van der Waals surface area contributed by atoms with Crippen molar-refractivity contribution in [3.8, 4) is 0 Å². The zero-order chi connectivity index (χ0) is 21.2. The first-order chi connectivity index (χ1) is 14.3. The van der Waals surface area contributed by atoms with Crippen LogP contribution >= 0.6 is 0 Å². The zero-order valence-electron chi connectivity index (χ0n) is 17.4. The SMILES string of the molecule is CN1CC(C(=O)CN(CO)C(C)(F)F)C=C2c3cccc4c3c(c3n4CCC3)CC21. The Morgan fingerprint density at radius 3 is 2.90 bits per heavy atom. The highest BCUT2D eigenvalue weighted by Gasteiger charge is 2.39. The Bertz CT molecular complexity index is 1050. The van der Waals surface area contributed by atoms with Gasteiger partial charge in [-0.25, -0.2) is 4.90 Å². The second-order valence-electron chi connectivity index (χ2n) is 8.92. The summed E-state index contributed by atoms with van der Waals surface area (Å²) in [5.41, 5.74) is 6.46. The molecular formula is C23H27F2N3O2. The molecule has 0 saturated carbocycles. The summed E-state index contributed by atoms with van der Waals surface area (Å²) < 4.78 is 29.7. The maximum atomic E-state index is 13.6. The van der Waals surface area contributed by atoms with Crippen molar-refractivity contribution in [2.75, 3.05) is 26.9 Å². The number of aliphatic hydroxyl groups excluding tert-OH is 1. The van der Waals surface area contributed by atoms with Crippen molar-refractivity contribution < 1.29 is 18.7 Å². The summed E-state index contributed by atoms with van der Waals surface area (Å²) in [5.74, 6) is -0.760. The Kier molecular flexibility index (Phi) is 4.61. The quantitative estimate of drug-likeness (QED) is 0.603. The van der Waals surface area contributed by atoms with Gasteiger partial charge in [0, 0.05) is 42.7 Å². The molecule has 0 spiro atoms. The van der Waals surface area contributed by atoms with Crippen LogP contribution in [0.4, 0.5) is 8.78 Å². The smallest absolute Gasteiger partial charge is 0.304 e. The van der Waals surface area contributed by atoms with Crippen molar-refractivity contribution in [2.24, 2.45) is 5.92 Å². The third kappa shape index (κ3) is 2.94. The van der Waals surface area contributed by atoms with Gasteiger partial charge in [-0.2, -0.15) is 8.78 Å². The molecule has 1 aromatic carbocycles. The molecule has 2 aliphatic heterocycles. The maximum Gasteiger partial charge on any atom is 0.304 e. The number of fused-ring (bicyclic) bond motifs is 5. The van der Waals surface area contributed by atoms with Crippen LogP contribution < -0.4 is 0 Å². The predicted octanol–water partition coefficient (Wildman–Crippen LogP) is 2.89. The Morgan fingerprint density at radius 2 is 2.17 bits per heavy atom. The molecule has 30 heavy (non-hydrogen) atoms. The number of halogens is 2. The van der Waals surface area contributed by atoms with E-state index >= 15 is 0 Å². The van der Waals surface area contributed by atoms with Crippen LogP contribution in [0.2, 0.25) is 0 Å². The molecule has 2 unspecified atom stereocenters. The highest BCUT2D eigenvalue weighted by molar-refractivity contribution is 6.01. The fourth-order valence-corrected chi connectivity index (χ4v) is 5.54. The van der Waals surface area contributed by atoms with Gasteiger partial charge in [0.15, 0.2) is 5.78 Å².